The van der Waals surface area contributed by atoms with Crippen LogP contribution in [-0.4, -0.2) is 44.7 Å². The van der Waals surface area contributed by atoms with Gasteiger partial charge in [-0.25, -0.2) is 4.98 Å². The zero-order valence-corrected chi connectivity index (χ0v) is 13.0. The van der Waals surface area contributed by atoms with Crippen molar-refractivity contribution in [1.82, 2.24) is 25.0 Å². The molecule has 0 bridgehead atoms. The number of hydrogen-bond acceptors (Lipinski definition) is 5. The normalized spacial score (nSPS) is 18.7. The number of oxazole rings is 1. The highest BCUT2D eigenvalue weighted by Gasteiger charge is 2.26. The summed E-state index contributed by atoms with van der Waals surface area (Å²) in [4.78, 5) is 18.5. The molecule has 1 atom stereocenters. The minimum Gasteiger partial charge on any atom is -0.445 e. The van der Waals surface area contributed by atoms with Gasteiger partial charge in [0.2, 0.25) is 0 Å². The zero-order chi connectivity index (χ0) is 15.5. The van der Waals surface area contributed by atoms with Crippen LogP contribution in [0, 0.1) is 6.92 Å². The summed E-state index contributed by atoms with van der Waals surface area (Å²) in [6, 6.07) is 0.339. The number of hydrogen-bond donors (Lipinski definition) is 1. The van der Waals surface area contributed by atoms with E-state index in [0.29, 0.717) is 24.0 Å². The Balaban J connectivity index is 1.53. The van der Waals surface area contributed by atoms with Gasteiger partial charge in [0.15, 0.2) is 5.89 Å². The Morgan fingerprint density at radius 3 is 3.05 bits per heavy atom. The fourth-order valence-corrected chi connectivity index (χ4v) is 2.86. The molecule has 22 heavy (non-hydrogen) atoms. The molecule has 1 amide bonds. The Morgan fingerprint density at radius 2 is 2.36 bits per heavy atom. The maximum Gasteiger partial charge on any atom is 0.254 e. The summed E-state index contributed by atoms with van der Waals surface area (Å²) < 4.78 is 7.17. The van der Waals surface area contributed by atoms with E-state index in [-0.39, 0.29) is 5.91 Å². The molecule has 0 saturated carbocycles. The van der Waals surface area contributed by atoms with E-state index < -0.39 is 0 Å². The minimum atomic E-state index is -0.0736. The summed E-state index contributed by atoms with van der Waals surface area (Å²) >= 11 is 0. The van der Waals surface area contributed by atoms with E-state index in [9.17, 15) is 4.79 Å². The minimum absolute atomic E-state index is 0.0736. The fraction of sp³-hybridized carbons (Fsp3) is 0.533. The second-order valence-corrected chi connectivity index (χ2v) is 5.72. The molecule has 0 aromatic carbocycles. The summed E-state index contributed by atoms with van der Waals surface area (Å²) in [5.41, 5.74) is 0.595. The first-order valence-corrected chi connectivity index (χ1v) is 7.54. The summed E-state index contributed by atoms with van der Waals surface area (Å²) in [6.07, 6.45) is 7.30. The van der Waals surface area contributed by atoms with Crippen LogP contribution in [0.4, 0.5) is 0 Å². The molecule has 118 valence electrons. The highest BCUT2D eigenvalue weighted by atomic mass is 16.4. The van der Waals surface area contributed by atoms with Crippen molar-refractivity contribution in [3.05, 3.63) is 35.8 Å². The second kappa shape index (κ2) is 6.31. The quantitative estimate of drug-likeness (QED) is 0.895. The number of aromatic nitrogens is 3. The third-order valence-electron chi connectivity index (χ3n) is 3.99. The van der Waals surface area contributed by atoms with Gasteiger partial charge in [-0.3, -0.25) is 14.4 Å². The Labute approximate surface area is 129 Å². The monoisotopic (exact) mass is 303 g/mol. The van der Waals surface area contributed by atoms with E-state index in [1.54, 1.807) is 30.3 Å². The molecule has 1 N–H and O–H groups in total. The van der Waals surface area contributed by atoms with Gasteiger partial charge < -0.3 is 9.73 Å². The van der Waals surface area contributed by atoms with Gasteiger partial charge in [-0.2, -0.15) is 5.10 Å². The van der Waals surface area contributed by atoms with E-state index in [1.165, 1.54) is 0 Å². The molecule has 0 radical (unpaired) electrons. The molecule has 3 heterocycles. The Bertz CT molecular complexity index is 648. The first kappa shape index (κ1) is 14.8. The average Bonchev–Trinajstić information content (AvgIpc) is 3.19. The average molecular weight is 303 g/mol. The lowest BCUT2D eigenvalue weighted by molar-refractivity contribution is 0.0939. The van der Waals surface area contributed by atoms with Gasteiger partial charge in [-0.05, 0) is 19.4 Å². The molecule has 1 unspecified atom stereocenters. The highest BCUT2D eigenvalue weighted by molar-refractivity contribution is 5.93. The van der Waals surface area contributed by atoms with Crippen LogP contribution in [-0.2, 0) is 13.6 Å². The molecule has 7 heteroatoms. The van der Waals surface area contributed by atoms with E-state index in [2.05, 4.69) is 20.3 Å². The van der Waals surface area contributed by atoms with Crippen molar-refractivity contribution in [2.24, 2.45) is 7.05 Å². The van der Waals surface area contributed by atoms with Crippen molar-refractivity contribution in [2.75, 3.05) is 13.1 Å². The summed E-state index contributed by atoms with van der Waals surface area (Å²) in [7, 11) is 1.80. The van der Waals surface area contributed by atoms with Crippen molar-refractivity contribution >= 4 is 5.91 Å². The predicted molar refractivity (Wildman–Crippen MR) is 80.2 cm³/mol. The molecule has 1 aliphatic heterocycles. The SMILES string of the molecule is Cc1ncc(CN2CCCC2CNC(=O)c2cnn(C)c2)o1. The van der Waals surface area contributed by atoms with Crippen molar-refractivity contribution in [2.45, 2.75) is 32.4 Å². The molecule has 0 aliphatic carbocycles. The first-order chi connectivity index (χ1) is 10.6. The number of carbonyl (C=O) groups excluding carboxylic acids is 1. The van der Waals surface area contributed by atoms with E-state index >= 15 is 0 Å². The van der Waals surface area contributed by atoms with Gasteiger partial charge in [-0.15, -0.1) is 0 Å². The van der Waals surface area contributed by atoms with Crippen LogP contribution in [0.2, 0.25) is 0 Å². The van der Waals surface area contributed by atoms with Crippen molar-refractivity contribution in [3.8, 4) is 0 Å². The molecular formula is C15H21N5O2. The largest absolute Gasteiger partial charge is 0.445 e. The van der Waals surface area contributed by atoms with Crippen LogP contribution < -0.4 is 5.32 Å². The lowest BCUT2D eigenvalue weighted by Gasteiger charge is -2.23. The molecular weight excluding hydrogens is 282 g/mol. The van der Waals surface area contributed by atoms with Crippen LogP contribution in [0.1, 0.15) is 34.9 Å². The number of nitrogens with one attached hydrogen (secondary N) is 1. The van der Waals surface area contributed by atoms with Gasteiger partial charge in [-0.1, -0.05) is 0 Å². The molecule has 1 aliphatic rings. The Hall–Kier alpha value is -2.15. The lowest BCUT2D eigenvalue weighted by Crippen LogP contribution is -2.39. The molecule has 3 rings (SSSR count). The number of carbonyl (C=O) groups is 1. The Morgan fingerprint density at radius 1 is 1.50 bits per heavy atom. The summed E-state index contributed by atoms with van der Waals surface area (Å²) in [5, 5.41) is 7.01. The topological polar surface area (TPSA) is 76.2 Å². The first-order valence-electron chi connectivity index (χ1n) is 7.54. The van der Waals surface area contributed by atoms with E-state index in [1.807, 2.05) is 6.92 Å². The second-order valence-electron chi connectivity index (χ2n) is 5.72. The van der Waals surface area contributed by atoms with Gasteiger partial charge in [0.05, 0.1) is 24.5 Å². The smallest absolute Gasteiger partial charge is 0.254 e. The number of amides is 1. The van der Waals surface area contributed by atoms with Gasteiger partial charge >= 0.3 is 0 Å². The van der Waals surface area contributed by atoms with Crippen molar-refractivity contribution in [1.29, 1.82) is 0 Å². The fourth-order valence-electron chi connectivity index (χ4n) is 2.86. The van der Waals surface area contributed by atoms with Crippen LogP contribution in [0.5, 0.6) is 0 Å². The molecule has 0 spiro atoms. The highest BCUT2D eigenvalue weighted by Crippen LogP contribution is 2.20. The number of nitrogens with zero attached hydrogens (tertiary/aromatic N) is 4. The van der Waals surface area contributed by atoms with Gasteiger partial charge in [0, 0.05) is 32.8 Å². The van der Waals surface area contributed by atoms with E-state index in [0.717, 1.165) is 31.7 Å². The number of aryl methyl sites for hydroxylation is 2. The molecule has 2 aromatic rings. The van der Waals surface area contributed by atoms with Gasteiger partial charge in [0.25, 0.3) is 5.91 Å². The van der Waals surface area contributed by atoms with Crippen LogP contribution >= 0.6 is 0 Å². The zero-order valence-electron chi connectivity index (χ0n) is 13.0. The van der Waals surface area contributed by atoms with Crippen LogP contribution in [0.25, 0.3) is 0 Å². The third kappa shape index (κ3) is 3.36. The maximum atomic E-state index is 12.1. The lowest BCUT2D eigenvalue weighted by atomic mass is 10.2. The maximum absolute atomic E-state index is 12.1. The molecule has 2 aromatic heterocycles. The summed E-state index contributed by atoms with van der Waals surface area (Å²) in [5.74, 6) is 1.49. The van der Waals surface area contributed by atoms with Crippen LogP contribution in [0.15, 0.2) is 23.0 Å². The van der Waals surface area contributed by atoms with Crippen LogP contribution in [0.3, 0.4) is 0 Å². The van der Waals surface area contributed by atoms with Crippen molar-refractivity contribution in [3.63, 3.8) is 0 Å². The standard InChI is InChI=1S/C15H21N5O2/c1-11-16-8-14(22-11)10-20-5-3-4-13(20)7-17-15(21)12-6-18-19(2)9-12/h6,8-9,13H,3-5,7,10H2,1-2H3,(H,17,21). The van der Waals surface area contributed by atoms with Gasteiger partial charge in [0.1, 0.15) is 5.76 Å². The van der Waals surface area contributed by atoms with Crippen molar-refractivity contribution < 1.29 is 9.21 Å². The molecule has 1 saturated heterocycles. The number of likely N-dealkylation sites (tertiary alicyclic amines) is 1. The summed E-state index contributed by atoms with van der Waals surface area (Å²) in [6.45, 7) is 4.25. The Kier molecular flexibility index (Phi) is 4.24. The molecule has 1 fully saturated rings. The molecule has 7 nitrogen and oxygen atoms in total. The third-order valence-corrected chi connectivity index (χ3v) is 3.99. The number of rotatable bonds is 5. The van der Waals surface area contributed by atoms with E-state index in [4.69, 9.17) is 4.42 Å². The predicted octanol–water partition coefficient (Wildman–Crippen LogP) is 1.11.